The summed E-state index contributed by atoms with van der Waals surface area (Å²) in [5.74, 6) is 0.727. The van der Waals surface area contributed by atoms with Gasteiger partial charge in [0.2, 0.25) is 5.91 Å². The van der Waals surface area contributed by atoms with Crippen LogP contribution in [-0.4, -0.2) is 27.7 Å². The number of para-hydroxylation sites is 2. The number of hydrogen-bond acceptors (Lipinski definition) is 4. The van der Waals surface area contributed by atoms with Gasteiger partial charge in [-0.05, 0) is 50.2 Å². The normalized spacial score (nSPS) is 12.1. The molecule has 1 atom stereocenters. The van der Waals surface area contributed by atoms with Crippen LogP contribution in [0.4, 0.5) is 5.69 Å². The lowest BCUT2D eigenvalue weighted by atomic mass is 10.3. The van der Waals surface area contributed by atoms with Crippen LogP contribution in [0.5, 0.6) is 5.75 Å². The Morgan fingerprint density at radius 2 is 2.00 bits per heavy atom. The van der Waals surface area contributed by atoms with E-state index in [1.165, 1.54) is 11.8 Å². The summed E-state index contributed by atoms with van der Waals surface area (Å²) in [7, 11) is 0. The van der Waals surface area contributed by atoms with Crippen molar-refractivity contribution in [1.82, 2.24) is 9.97 Å². The molecule has 0 aliphatic rings. The van der Waals surface area contributed by atoms with Crippen LogP contribution in [0.3, 0.4) is 0 Å². The van der Waals surface area contributed by atoms with Crippen molar-refractivity contribution in [2.75, 3.05) is 11.9 Å². The lowest BCUT2D eigenvalue weighted by Crippen LogP contribution is -2.22. The number of benzene rings is 2. The number of nitrogens with one attached hydrogen (secondary N) is 2. The minimum absolute atomic E-state index is 0.0652. The molecule has 0 spiro atoms. The fourth-order valence-electron chi connectivity index (χ4n) is 2.25. The third-order valence-corrected chi connectivity index (χ3v) is 4.44. The van der Waals surface area contributed by atoms with Crippen LogP contribution in [-0.2, 0) is 4.79 Å². The first-order chi connectivity index (χ1) is 11.7. The van der Waals surface area contributed by atoms with E-state index in [2.05, 4.69) is 15.3 Å². The number of ether oxygens (including phenoxy) is 1. The number of imidazole rings is 1. The van der Waals surface area contributed by atoms with Crippen molar-refractivity contribution >= 4 is 34.4 Å². The van der Waals surface area contributed by atoms with E-state index in [0.717, 1.165) is 27.6 Å². The molecule has 1 heterocycles. The van der Waals surface area contributed by atoms with Gasteiger partial charge in [0.15, 0.2) is 5.16 Å². The minimum atomic E-state index is -0.267. The predicted molar refractivity (Wildman–Crippen MR) is 97.7 cm³/mol. The molecule has 0 saturated heterocycles. The summed E-state index contributed by atoms with van der Waals surface area (Å²) < 4.78 is 5.39. The number of aromatic nitrogens is 2. The average molecular weight is 341 g/mol. The maximum absolute atomic E-state index is 12.3. The molecule has 0 radical (unpaired) electrons. The van der Waals surface area contributed by atoms with Crippen LogP contribution in [0.15, 0.2) is 53.7 Å². The highest BCUT2D eigenvalue weighted by molar-refractivity contribution is 8.00. The van der Waals surface area contributed by atoms with Gasteiger partial charge in [-0.15, -0.1) is 0 Å². The van der Waals surface area contributed by atoms with E-state index in [-0.39, 0.29) is 11.2 Å². The van der Waals surface area contributed by atoms with Crippen molar-refractivity contribution < 1.29 is 9.53 Å². The lowest BCUT2D eigenvalue weighted by molar-refractivity contribution is -0.115. The molecule has 0 saturated carbocycles. The molecule has 1 aromatic heterocycles. The van der Waals surface area contributed by atoms with Gasteiger partial charge in [0.1, 0.15) is 5.75 Å². The minimum Gasteiger partial charge on any atom is -0.494 e. The maximum Gasteiger partial charge on any atom is 0.237 e. The third kappa shape index (κ3) is 3.89. The molecule has 1 amide bonds. The fourth-order valence-corrected chi connectivity index (χ4v) is 3.07. The van der Waals surface area contributed by atoms with E-state index in [0.29, 0.717) is 6.61 Å². The van der Waals surface area contributed by atoms with Crippen LogP contribution < -0.4 is 10.1 Å². The Hall–Kier alpha value is -2.47. The second-order valence-corrected chi connectivity index (χ2v) is 6.60. The van der Waals surface area contributed by atoms with Crippen LogP contribution in [0.1, 0.15) is 13.8 Å². The molecule has 2 N–H and O–H groups in total. The quantitative estimate of drug-likeness (QED) is 0.663. The van der Waals surface area contributed by atoms with Crippen LogP contribution in [0.25, 0.3) is 11.0 Å². The van der Waals surface area contributed by atoms with Crippen molar-refractivity contribution in [3.8, 4) is 5.75 Å². The third-order valence-electron chi connectivity index (χ3n) is 3.46. The van der Waals surface area contributed by atoms with E-state index < -0.39 is 0 Å². The van der Waals surface area contributed by atoms with Gasteiger partial charge in [-0.2, -0.15) is 0 Å². The number of nitrogens with zero attached hydrogens (tertiary/aromatic N) is 1. The fraction of sp³-hybridized carbons (Fsp3) is 0.222. The standard InChI is InChI=1S/C18H19N3O2S/c1-3-23-14-10-8-13(9-11-14)19-17(22)12(2)24-18-20-15-6-4-5-7-16(15)21-18/h4-12H,3H2,1-2H3,(H,19,22)(H,20,21)/t12-/m0/s1. The first kappa shape index (κ1) is 16.4. The molecule has 3 aromatic rings. The Balaban J connectivity index is 1.61. The molecule has 0 aliphatic carbocycles. The zero-order valence-corrected chi connectivity index (χ0v) is 14.4. The number of fused-ring (bicyclic) bond motifs is 1. The predicted octanol–water partition coefficient (Wildman–Crippen LogP) is 4.08. The number of anilines is 1. The van der Waals surface area contributed by atoms with E-state index >= 15 is 0 Å². The monoisotopic (exact) mass is 341 g/mol. The van der Waals surface area contributed by atoms with Crippen molar-refractivity contribution in [2.45, 2.75) is 24.3 Å². The Bertz CT molecular complexity index is 797. The number of hydrogen-bond donors (Lipinski definition) is 2. The number of H-pyrrole nitrogens is 1. The van der Waals surface area contributed by atoms with E-state index in [9.17, 15) is 4.79 Å². The second kappa shape index (κ2) is 7.40. The Morgan fingerprint density at radius 1 is 1.25 bits per heavy atom. The lowest BCUT2D eigenvalue weighted by Gasteiger charge is -2.11. The number of carbonyl (C=O) groups is 1. The van der Waals surface area contributed by atoms with Gasteiger partial charge >= 0.3 is 0 Å². The Labute approximate surface area is 144 Å². The van der Waals surface area contributed by atoms with Gasteiger partial charge in [0.25, 0.3) is 0 Å². The molecule has 0 unspecified atom stereocenters. The summed E-state index contributed by atoms with van der Waals surface area (Å²) in [5.41, 5.74) is 2.62. The molecular formula is C18H19N3O2S. The first-order valence-electron chi connectivity index (χ1n) is 7.81. The molecule has 124 valence electrons. The summed E-state index contributed by atoms with van der Waals surface area (Å²) in [6, 6.07) is 15.2. The molecular weight excluding hydrogens is 322 g/mol. The summed E-state index contributed by atoms with van der Waals surface area (Å²) in [6.45, 7) is 4.42. The number of thioether (sulfide) groups is 1. The van der Waals surface area contributed by atoms with E-state index in [1.54, 1.807) is 0 Å². The van der Waals surface area contributed by atoms with Gasteiger partial charge in [0, 0.05) is 5.69 Å². The summed E-state index contributed by atoms with van der Waals surface area (Å²) in [6.07, 6.45) is 0. The molecule has 3 rings (SSSR count). The van der Waals surface area contributed by atoms with Crippen LogP contribution in [0.2, 0.25) is 0 Å². The molecule has 5 nitrogen and oxygen atoms in total. The first-order valence-corrected chi connectivity index (χ1v) is 8.69. The molecule has 0 fully saturated rings. The highest BCUT2D eigenvalue weighted by Crippen LogP contribution is 2.24. The van der Waals surface area contributed by atoms with Gasteiger partial charge in [0.05, 0.1) is 22.9 Å². The van der Waals surface area contributed by atoms with Crippen molar-refractivity contribution in [1.29, 1.82) is 0 Å². The number of aromatic amines is 1. The average Bonchev–Trinajstić information content (AvgIpc) is 2.99. The van der Waals surface area contributed by atoms with Crippen LogP contribution >= 0.6 is 11.8 Å². The summed E-state index contributed by atoms with van der Waals surface area (Å²) in [4.78, 5) is 20.0. The Morgan fingerprint density at radius 3 is 2.71 bits per heavy atom. The van der Waals surface area contributed by atoms with Gasteiger partial charge in [-0.1, -0.05) is 23.9 Å². The SMILES string of the molecule is CCOc1ccc(NC(=O)[C@H](C)Sc2nc3ccccc3[nH]2)cc1. The number of amides is 1. The zero-order chi connectivity index (χ0) is 16.9. The summed E-state index contributed by atoms with van der Waals surface area (Å²) >= 11 is 1.40. The zero-order valence-electron chi connectivity index (χ0n) is 13.6. The van der Waals surface area contributed by atoms with E-state index in [4.69, 9.17) is 4.74 Å². The highest BCUT2D eigenvalue weighted by Gasteiger charge is 2.16. The molecule has 24 heavy (non-hydrogen) atoms. The van der Waals surface area contributed by atoms with Crippen molar-refractivity contribution in [3.05, 3.63) is 48.5 Å². The second-order valence-electron chi connectivity index (χ2n) is 5.27. The maximum atomic E-state index is 12.3. The molecule has 2 aromatic carbocycles. The Kier molecular flexibility index (Phi) is 5.05. The number of carbonyl (C=O) groups excluding carboxylic acids is 1. The highest BCUT2D eigenvalue weighted by atomic mass is 32.2. The van der Waals surface area contributed by atoms with Crippen molar-refractivity contribution in [3.63, 3.8) is 0 Å². The van der Waals surface area contributed by atoms with Gasteiger partial charge in [-0.3, -0.25) is 4.79 Å². The van der Waals surface area contributed by atoms with Crippen molar-refractivity contribution in [2.24, 2.45) is 0 Å². The van der Waals surface area contributed by atoms with Gasteiger partial charge < -0.3 is 15.0 Å². The molecule has 6 heteroatoms. The largest absolute Gasteiger partial charge is 0.494 e. The number of rotatable bonds is 6. The molecule has 0 bridgehead atoms. The smallest absolute Gasteiger partial charge is 0.237 e. The van der Waals surface area contributed by atoms with Gasteiger partial charge in [-0.25, -0.2) is 4.98 Å². The summed E-state index contributed by atoms with van der Waals surface area (Å²) in [5, 5.41) is 3.38. The topological polar surface area (TPSA) is 67.0 Å². The van der Waals surface area contributed by atoms with E-state index in [1.807, 2.05) is 62.4 Å². The molecule has 0 aliphatic heterocycles. The van der Waals surface area contributed by atoms with Crippen LogP contribution in [0, 0.1) is 0 Å².